The van der Waals surface area contributed by atoms with Crippen molar-refractivity contribution in [3.8, 4) is 0 Å². The lowest BCUT2D eigenvalue weighted by molar-refractivity contribution is -0.117. The first kappa shape index (κ1) is 20.7. The van der Waals surface area contributed by atoms with E-state index in [0.717, 1.165) is 0 Å². The smallest absolute Gasteiger partial charge is 0.257 e. The molecule has 9 heteroatoms. The van der Waals surface area contributed by atoms with E-state index in [1.54, 1.807) is 55.5 Å². The van der Waals surface area contributed by atoms with E-state index in [9.17, 15) is 14.7 Å². The third-order valence-electron chi connectivity index (χ3n) is 4.19. The number of carbonyl (C=O) groups is 2. The Kier molecular flexibility index (Phi) is 6.41. The van der Waals surface area contributed by atoms with Crippen LogP contribution < -0.4 is 16.1 Å². The average molecular weight is 433 g/mol. The highest BCUT2D eigenvalue weighted by molar-refractivity contribution is 6.31. The lowest BCUT2D eigenvalue weighted by atomic mass is 10.1. The standard InChI is InChI=1S/C20H18Cl2N4O3/c1-11(25-26-15-8-4-13(22)5-9-15)18-19(28)16(24-20(18)29)10-17(27)23-14-6-2-12(21)3-7-14/h2-9,16,26,28H,10H2,1H3,(H,23,27)(H,24,29). The van der Waals surface area contributed by atoms with Gasteiger partial charge in [-0.15, -0.1) is 0 Å². The molecule has 0 fully saturated rings. The number of halogens is 2. The third kappa shape index (κ3) is 5.28. The summed E-state index contributed by atoms with van der Waals surface area (Å²) in [4.78, 5) is 24.5. The second-order valence-corrected chi connectivity index (χ2v) is 7.23. The lowest BCUT2D eigenvalue weighted by Crippen LogP contribution is -2.33. The first-order valence-electron chi connectivity index (χ1n) is 8.69. The molecule has 0 radical (unpaired) electrons. The number of benzene rings is 2. The fourth-order valence-electron chi connectivity index (χ4n) is 2.75. The molecule has 1 aliphatic heterocycles. The average Bonchev–Trinajstić information content (AvgIpc) is 2.96. The van der Waals surface area contributed by atoms with Crippen molar-refractivity contribution < 1.29 is 14.7 Å². The molecule has 1 heterocycles. The van der Waals surface area contributed by atoms with Gasteiger partial charge >= 0.3 is 0 Å². The van der Waals surface area contributed by atoms with Gasteiger partial charge in [0.1, 0.15) is 11.3 Å². The van der Waals surface area contributed by atoms with Gasteiger partial charge in [-0.25, -0.2) is 0 Å². The quantitative estimate of drug-likeness (QED) is 0.407. The summed E-state index contributed by atoms with van der Waals surface area (Å²) in [6.07, 6.45) is -0.123. The van der Waals surface area contributed by atoms with Gasteiger partial charge in [-0.05, 0) is 55.5 Å². The van der Waals surface area contributed by atoms with Crippen molar-refractivity contribution in [2.45, 2.75) is 19.4 Å². The van der Waals surface area contributed by atoms with Gasteiger partial charge in [0.2, 0.25) is 5.91 Å². The van der Waals surface area contributed by atoms with Gasteiger partial charge in [0.05, 0.1) is 23.9 Å². The molecule has 150 valence electrons. The molecule has 7 nitrogen and oxygen atoms in total. The maximum Gasteiger partial charge on any atom is 0.257 e. The topological polar surface area (TPSA) is 103 Å². The van der Waals surface area contributed by atoms with Crippen LogP contribution in [0.15, 0.2) is 65.0 Å². The number of hydrogen-bond acceptors (Lipinski definition) is 5. The zero-order valence-corrected chi connectivity index (χ0v) is 16.9. The highest BCUT2D eigenvalue weighted by Gasteiger charge is 2.34. The third-order valence-corrected chi connectivity index (χ3v) is 4.70. The van der Waals surface area contributed by atoms with E-state index >= 15 is 0 Å². The molecule has 1 aliphatic rings. The van der Waals surface area contributed by atoms with E-state index in [-0.39, 0.29) is 29.4 Å². The van der Waals surface area contributed by atoms with Crippen LogP contribution in [0.25, 0.3) is 0 Å². The predicted octanol–water partition coefficient (Wildman–Crippen LogP) is 4.12. The largest absolute Gasteiger partial charge is 0.509 e. The van der Waals surface area contributed by atoms with Crippen LogP contribution in [0.1, 0.15) is 13.3 Å². The summed E-state index contributed by atoms with van der Waals surface area (Å²) in [7, 11) is 0. The van der Waals surface area contributed by atoms with E-state index in [1.165, 1.54) is 0 Å². The SMILES string of the molecule is CC(=NNc1ccc(Cl)cc1)C1=C(O)C(CC(=O)Nc2ccc(Cl)cc2)NC1=O. The molecule has 29 heavy (non-hydrogen) atoms. The van der Waals surface area contributed by atoms with Gasteiger partial charge in [0, 0.05) is 15.7 Å². The van der Waals surface area contributed by atoms with Gasteiger partial charge in [0.25, 0.3) is 5.91 Å². The zero-order chi connectivity index (χ0) is 21.0. The van der Waals surface area contributed by atoms with Gasteiger partial charge in [-0.3, -0.25) is 15.0 Å². The molecule has 0 spiro atoms. The number of nitrogens with one attached hydrogen (secondary N) is 3. The number of carbonyl (C=O) groups excluding carboxylic acids is 2. The first-order chi connectivity index (χ1) is 13.8. The van der Waals surface area contributed by atoms with Crippen molar-refractivity contribution in [2.24, 2.45) is 5.10 Å². The number of hydrogen-bond donors (Lipinski definition) is 4. The van der Waals surface area contributed by atoms with Crippen LogP contribution in [0.4, 0.5) is 11.4 Å². The fraction of sp³-hybridized carbons (Fsp3) is 0.150. The van der Waals surface area contributed by atoms with E-state index in [0.29, 0.717) is 21.4 Å². The lowest BCUT2D eigenvalue weighted by Gasteiger charge is -2.11. The first-order valence-corrected chi connectivity index (χ1v) is 9.44. The molecule has 1 unspecified atom stereocenters. The highest BCUT2D eigenvalue weighted by atomic mass is 35.5. The van der Waals surface area contributed by atoms with Gasteiger partial charge in [-0.2, -0.15) is 5.10 Å². The second-order valence-electron chi connectivity index (χ2n) is 6.36. The van der Waals surface area contributed by atoms with Gasteiger partial charge in [0.15, 0.2) is 0 Å². The summed E-state index contributed by atoms with van der Waals surface area (Å²) in [6, 6.07) is 12.6. The number of aliphatic hydroxyl groups is 1. The van der Waals surface area contributed by atoms with E-state index in [1.807, 2.05) is 0 Å². The van der Waals surface area contributed by atoms with Crippen molar-refractivity contribution >= 4 is 52.1 Å². The highest BCUT2D eigenvalue weighted by Crippen LogP contribution is 2.21. The molecule has 0 saturated carbocycles. The Morgan fingerprint density at radius 2 is 1.62 bits per heavy atom. The van der Waals surface area contributed by atoms with E-state index in [4.69, 9.17) is 23.2 Å². The molecule has 0 bridgehead atoms. The molecular formula is C20H18Cl2N4O3. The summed E-state index contributed by atoms with van der Waals surface area (Å²) in [5, 5.41) is 21.0. The van der Waals surface area contributed by atoms with Crippen molar-refractivity contribution in [3.05, 3.63) is 69.9 Å². The monoisotopic (exact) mass is 432 g/mol. The van der Waals surface area contributed by atoms with Crippen LogP contribution in [-0.2, 0) is 9.59 Å². The summed E-state index contributed by atoms with van der Waals surface area (Å²) in [5.41, 5.74) is 4.36. The molecule has 2 aromatic rings. The number of nitrogens with zero attached hydrogens (tertiary/aromatic N) is 1. The Hall–Kier alpha value is -3.03. The Morgan fingerprint density at radius 3 is 2.21 bits per heavy atom. The Labute approximate surface area is 177 Å². The molecule has 0 aliphatic carbocycles. The Morgan fingerprint density at radius 1 is 1.07 bits per heavy atom. The summed E-state index contributed by atoms with van der Waals surface area (Å²) in [6.45, 7) is 1.59. The maximum atomic E-state index is 12.3. The molecule has 2 aromatic carbocycles. The summed E-state index contributed by atoms with van der Waals surface area (Å²) < 4.78 is 0. The van der Waals surface area contributed by atoms with Crippen LogP contribution in [0.5, 0.6) is 0 Å². The number of anilines is 2. The molecular weight excluding hydrogens is 415 g/mol. The van der Waals surface area contributed by atoms with E-state index in [2.05, 4.69) is 21.2 Å². The predicted molar refractivity (Wildman–Crippen MR) is 114 cm³/mol. The van der Waals surface area contributed by atoms with Crippen molar-refractivity contribution in [2.75, 3.05) is 10.7 Å². The summed E-state index contributed by atoms with van der Waals surface area (Å²) in [5.74, 6) is -1.08. The Balaban J connectivity index is 1.66. The maximum absolute atomic E-state index is 12.3. The molecule has 0 aromatic heterocycles. The second kappa shape index (κ2) is 8.98. The van der Waals surface area contributed by atoms with E-state index < -0.39 is 11.9 Å². The molecule has 4 N–H and O–H groups in total. The van der Waals surface area contributed by atoms with Crippen LogP contribution in [0.2, 0.25) is 10.0 Å². The zero-order valence-electron chi connectivity index (χ0n) is 15.4. The van der Waals surface area contributed by atoms with Crippen LogP contribution in [0.3, 0.4) is 0 Å². The molecule has 1 atom stereocenters. The number of hydrazone groups is 1. The Bertz CT molecular complexity index is 986. The van der Waals surface area contributed by atoms with Crippen molar-refractivity contribution in [1.82, 2.24) is 5.32 Å². The van der Waals surface area contributed by atoms with Crippen LogP contribution >= 0.6 is 23.2 Å². The fourth-order valence-corrected chi connectivity index (χ4v) is 3.00. The van der Waals surface area contributed by atoms with Crippen LogP contribution in [-0.4, -0.2) is 28.7 Å². The number of amides is 2. The molecule has 0 saturated heterocycles. The molecule has 3 rings (SSSR count). The van der Waals surface area contributed by atoms with Crippen molar-refractivity contribution in [3.63, 3.8) is 0 Å². The minimum atomic E-state index is -0.828. The van der Waals surface area contributed by atoms with Gasteiger partial charge < -0.3 is 15.7 Å². The van der Waals surface area contributed by atoms with Gasteiger partial charge in [-0.1, -0.05) is 23.2 Å². The van der Waals surface area contributed by atoms with Crippen molar-refractivity contribution in [1.29, 1.82) is 0 Å². The number of aliphatic hydroxyl groups excluding tert-OH is 1. The number of rotatable bonds is 6. The summed E-state index contributed by atoms with van der Waals surface area (Å²) >= 11 is 11.7. The minimum absolute atomic E-state index is 0.0377. The minimum Gasteiger partial charge on any atom is -0.509 e. The normalized spacial score (nSPS) is 16.6. The molecule has 2 amide bonds. The van der Waals surface area contributed by atoms with Crippen LogP contribution in [0, 0.1) is 0 Å².